The average Bonchev–Trinajstić information content (AvgIpc) is 2.55. The molecule has 1 aliphatic heterocycles. The van der Waals surface area contributed by atoms with Crippen LogP contribution in [0.1, 0.15) is 61.3 Å². The Morgan fingerprint density at radius 1 is 1.00 bits per heavy atom. The van der Waals surface area contributed by atoms with Crippen LogP contribution in [-0.2, 0) is 0 Å². The van der Waals surface area contributed by atoms with E-state index in [1.165, 1.54) is 0 Å². The van der Waals surface area contributed by atoms with Crippen LogP contribution in [0.4, 0.5) is 10.5 Å². The minimum atomic E-state index is -0.359. The molecule has 0 bridgehead atoms. The quantitative estimate of drug-likeness (QED) is 0.700. The molecule has 3 N–H and O–H groups in total. The number of nitrogens with one attached hydrogen (secondary N) is 1. The fraction of sp³-hybridized carbons (Fsp3) is 0.682. The Balaban J connectivity index is 2.38. The van der Waals surface area contributed by atoms with E-state index in [2.05, 4.69) is 33.0 Å². The standard InChI is InChI=1S/C22H37N3O4/c1-8-27-17-11-16(12-18(28-9-2)19(17)29-10-3)24-20(26)25-21(4,5)13-15(23)14-22(25,6)7/h11-12,15H,8-10,13-14,23H2,1-7H3,(H,24,26). The number of likely N-dealkylation sites (tertiary alicyclic amines) is 1. The van der Waals surface area contributed by atoms with Crippen LogP contribution in [0.2, 0.25) is 0 Å². The van der Waals surface area contributed by atoms with Crippen LogP contribution >= 0.6 is 0 Å². The van der Waals surface area contributed by atoms with Crippen molar-refractivity contribution in [3.05, 3.63) is 12.1 Å². The molecule has 1 saturated heterocycles. The summed E-state index contributed by atoms with van der Waals surface area (Å²) < 4.78 is 17.2. The topological polar surface area (TPSA) is 86.1 Å². The second-order valence-electron chi connectivity index (χ2n) is 8.66. The first-order chi connectivity index (χ1) is 13.6. The number of carbonyl (C=O) groups is 1. The fourth-order valence-corrected chi connectivity index (χ4v) is 4.55. The zero-order valence-electron chi connectivity index (χ0n) is 18.9. The third-order valence-corrected chi connectivity index (χ3v) is 5.10. The first-order valence-electron chi connectivity index (χ1n) is 10.5. The number of nitrogens with two attached hydrogens (primary N) is 1. The maximum Gasteiger partial charge on any atom is 0.322 e. The summed E-state index contributed by atoms with van der Waals surface area (Å²) in [5, 5.41) is 3.04. The molecule has 1 aromatic carbocycles. The van der Waals surface area contributed by atoms with Gasteiger partial charge in [0.15, 0.2) is 11.5 Å². The lowest BCUT2D eigenvalue weighted by Gasteiger charge is -2.54. The highest BCUT2D eigenvalue weighted by atomic mass is 16.5. The third-order valence-electron chi connectivity index (χ3n) is 5.10. The van der Waals surface area contributed by atoms with E-state index in [4.69, 9.17) is 19.9 Å². The lowest BCUT2D eigenvalue weighted by molar-refractivity contribution is 0.00876. The highest BCUT2D eigenvalue weighted by molar-refractivity contribution is 5.91. The van der Waals surface area contributed by atoms with Gasteiger partial charge in [-0.2, -0.15) is 0 Å². The molecule has 1 aromatic rings. The Kier molecular flexibility index (Phi) is 7.27. The Morgan fingerprint density at radius 3 is 1.86 bits per heavy atom. The molecule has 1 aliphatic rings. The molecule has 0 aliphatic carbocycles. The summed E-state index contributed by atoms with van der Waals surface area (Å²) in [4.78, 5) is 15.2. The van der Waals surface area contributed by atoms with Gasteiger partial charge in [0, 0.05) is 29.3 Å². The van der Waals surface area contributed by atoms with E-state index in [1.54, 1.807) is 12.1 Å². The van der Waals surface area contributed by atoms with Gasteiger partial charge in [0.2, 0.25) is 5.75 Å². The summed E-state index contributed by atoms with van der Waals surface area (Å²) in [6.07, 6.45) is 1.50. The van der Waals surface area contributed by atoms with E-state index in [1.807, 2.05) is 25.7 Å². The molecule has 7 heteroatoms. The molecule has 1 fully saturated rings. The minimum absolute atomic E-state index is 0.0728. The van der Waals surface area contributed by atoms with Gasteiger partial charge in [-0.25, -0.2) is 4.79 Å². The monoisotopic (exact) mass is 407 g/mol. The second kappa shape index (κ2) is 9.11. The largest absolute Gasteiger partial charge is 0.490 e. The zero-order chi connectivity index (χ0) is 21.8. The van der Waals surface area contributed by atoms with Crippen LogP contribution in [0.25, 0.3) is 0 Å². The summed E-state index contributed by atoms with van der Waals surface area (Å²) in [6.45, 7) is 15.4. The fourth-order valence-electron chi connectivity index (χ4n) is 4.55. The maximum atomic E-state index is 13.3. The number of carbonyl (C=O) groups excluding carboxylic acids is 1. The first kappa shape index (κ1) is 23.1. The van der Waals surface area contributed by atoms with Crippen LogP contribution in [0.5, 0.6) is 17.2 Å². The maximum absolute atomic E-state index is 13.3. The summed E-state index contributed by atoms with van der Waals surface area (Å²) in [7, 11) is 0. The number of piperidine rings is 1. The minimum Gasteiger partial charge on any atom is -0.490 e. The SMILES string of the molecule is CCOc1cc(NC(=O)N2C(C)(C)CC(N)CC2(C)C)cc(OCC)c1OCC. The number of ether oxygens (including phenoxy) is 3. The van der Waals surface area contributed by atoms with Crippen molar-refractivity contribution in [2.24, 2.45) is 5.73 Å². The molecule has 1 heterocycles. The smallest absolute Gasteiger partial charge is 0.322 e. The first-order valence-corrected chi connectivity index (χ1v) is 10.5. The summed E-state index contributed by atoms with van der Waals surface area (Å²) >= 11 is 0. The second-order valence-corrected chi connectivity index (χ2v) is 8.66. The van der Waals surface area contributed by atoms with Crippen molar-refractivity contribution >= 4 is 11.7 Å². The van der Waals surface area contributed by atoms with Gasteiger partial charge in [-0.1, -0.05) is 0 Å². The molecule has 0 aromatic heterocycles. The van der Waals surface area contributed by atoms with E-state index in [0.29, 0.717) is 42.8 Å². The molecule has 0 spiro atoms. The number of rotatable bonds is 7. The highest BCUT2D eigenvalue weighted by Crippen LogP contribution is 2.42. The van der Waals surface area contributed by atoms with Gasteiger partial charge in [-0.3, -0.25) is 0 Å². The predicted octanol–water partition coefficient (Wildman–Crippen LogP) is 4.39. The van der Waals surface area contributed by atoms with Crippen molar-refractivity contribution in [3.63, 3.8) is 0 Å². The Hall–Kier alpha value is -2.15. The Labute approximate surface area is 174 Å². The van der Waals surface area contributed by atoms with Crippen LogP contribution in [0, 0.1) is 0 Å². The van der Waals surface area contributed by atoms with Crippen molar-refractivity contribution in [1.82, 2.24) is 4.90 Å². The van der Waals surface area contributed by atoms with Crippen molar-refractivity contribution < 1.29 is 19.0 Å². The molecule has 0 radical (unpaired) electrons. The number of amides is 2. The number of urea groups is 1. The van der Waals surface area contributed by atoms with Gasteiger partial charge in [-0.15, -0.1) is 0 Å². The molecule has 7 nitrogen and oxygen atoms in total. The lowest BCUT2D eigenvalue weighted by Crippen LogP contribution is -2.66. The van der Waals surface area contributed by atoms with E-state index >= 15 is 0 Å². The van der Waals surface area contributed by atoms with Crippen LogP contribution in [-0.4, -0.2) is 47.9 Å². The molecule has 2 amide bonds. The number of anilines is 1. The van der Waals surface area contributed by atoms with E-state index in [-0.39, 0.29) is 23.2 Å². The average molecular weight is 408 g/mol. The molecule has 164 valence electrons. The summed E-state index contributed by atoms with van der Waals surface area (Å²) in [5.74, 6) is 1.66. The van der Waals surface area contributed by atoms with Gasteiger partial charge < -0.3 is 30.2 Å². The molecular formula is C22H37N3O4. The molecule has 0 unspecified atom stereocenters. The van der Waals surface area contributed by atoms with Gasteiger partial charge >= 0.3 is 6.03 Å². The van der Waals surface area contributed by atoms with Crippen molar-refractivity contribution in [2.75, 3.05) is 25.1 Å². The van der Waals surface area contributed by atoms with Crippen LogP contribution < -0.4 is 25.3 Å². The van der Waals surface area contributed by atoms with Crippen molar-refractivity contribution in [2.45, 2.75) is 78.4 Å². The third kappa shape index (κ3) is 5.26. The van der Waals surface area contributed by atoms with E-state index < -0.39 is 0 Å². The highest BCUT2D eigenvalue weighted by Gasteiger charge is 2.47. The number of nitrogens with zero attached hydrogens (tertiary/aromatic N) is 1. The van der Waals surface area contributed by atoms with Gasteiger partial charge in [-0.05, 0) is 61.3 Å². The van der Waals surface area contributed by atoms with Gasteiger partial charge in [0.1, 0.15) is 0 Å². The predicted molar refractivity (Wildman–Crippen MR) is 116 cm³/mol. The lowest BCUT2D eigenvalue weighted by atomic mass is 9.77. The molecule has 0 atom stereocenters. The number of hydrogen-bond acceptors (Lipinski definition) is 5. The van der Waals surface area contributed by atoms with E-state index in [0.717, 1.165) is 12.8 Å². The summed E-state index contributed by atoms with van der Waals surface area (Å²) in [6, 6.07) is 3.47. The van der Waals surface area contributed by atoms with Crippen LogP contribution in [0.15, 0.2) is 12.1 Å². The number of benzene rings is 1. The van der Waals surface area contributed by atoms with Crippen molar-refractivity contribution in [3.8, 4) is 17.2 Å². The van der Waals surface area contributed by atoms with Crippen molar-refractivity contribution in [1.29, 1.82) is 0 Å². The molecule has 29 heavy (non-hydrogen) atoms. The van der Waals surface area contributed by atoms with Gasteiger partial charge in [0.05, 0.1) is 25.5 Å². The molecule has 2 rings (SSSR count). The van der Waals surface area contributed by atoms with Crippen LogP contribution in [0.3, 0.4) is 0 Å². The number of hydrogen-bond donors (Lipinski definition) is 2. The molecular weight excluding hydrogens is 370 g/mol. The van der Waals surface area contributed by atoms with E-state index in [9.17, 15) is 4.79 Å². The molecule has 0 saturated carbocycles. The summed E-state index contributed by atoms with van der Waals surface area (Å²) in [5.41, 5.74) is 6.13. The van der Waals surface area contributed by atoms with Gasteiger partial charge in [0.25, 0.3) is 0 Å². The Morgan fingerprint density at radius 2 is 1.45 bits per heavy atom. The zero-order valence-corrected chi connectivity index (χ0v) is 18.9. The normalized spacial score (nSPS) is 18.3. The Bertz CT molecular complexity index is 673.